The summed E-state index contributed by atoms with van der Waals surface area (Å²) in [6.45, 7) is 6.38. The normalized spacial score (nSPS) is 14.1. The minimum atomic E-state index is -3.59. The maximum atomic E-state index is 13.3. The maximum Gasteiger partial charge on any atom is 0.264 e. The molecule has 0 saturated heterocycles. The molecular formula is C19H23NO3S. The molecule has 0 aliphatic carbocycles. The van der Waals surface area contributed by atoms with Crippen molar-refractivity contribution in [1.82, 2.24) is 0 Å². The molecule has 0 unspecified atom stereocenters. The topological polar surface area (TPSA) is 46.6 Å². The second-order valence-corrected chi connectivity index (χ2v) is 8.30. The molecule has 1 heterocycles. The van der Waals surface area contributed by atoms with E-state index in [0.29, 0.717) is 17.0 Å². The van der Waals surface area contributed by atoms with Crippen LogP contribution in [0.3, 0.4) is 0 Å². The summed E-state index contributed by atoms with van der Waals surface area (Å²) >= 11 is 0. The van der Waals surface area contributed by atoms with E-state index in [0.717, 1.165) is 29.0 Å². The van der Waals surface area contributed by atoms with Gasteiger partial charge in [-0.3, -0.25) is 4.31 Å². The van der Waals surface area contributed by atoms with Gasteiger partial charge in [0.05, 0.1) is 17.7 Å². The number of ether oxygens (including phenoxy) is 1. The van der Waals surface area contributed by atoms with Gasteiger partial charge >= 0.3 is 0 Å². The molecule has 128 valence electrons. The molecule has 1 aliphatic heterocycles. The van der Waals surface area contributed by atoms with Crippen molar-refractivity contribution in [2.45, 2.75) is 38.0 Å². The highest BCUT2D eigenvalue weighted by atomic mass is 32.2. The molecule has 0 aromatic heterocycles. The molecule has 0 N–H and O–H groups in total. The van der Waals surface area contributed by atoms with Crippen LogP contribution in [0, 0.1) is 6.92 Å². The maximum absolute atomic E-state index is 13.3. The van der Waals surface area contributed by atoms with Crippen molar-refractivity contribution < 1.29 is 13.2 Å². The Morgan fingerprint density at radius 2 is 1.88 bits per heavy atom. The Balaban J connectivity index is 2.13. The van der Waals surface area contributed by atoms with Crippen LogP contribution in [-0.2, 0) is 16.4 Å². The van der Waals surface area contributed by atoms with E-state index in [1.165, 1.54) is 4.31 Å². The van der Waals surface area contributed by atoms with Crippen molar-refractivity contribution in [1.29, 1.82) is 0 Å². The van der Waals surface area contributed by atoms with E-state index in [4.69, 9.17) is 4.74 Å². The molecule has 3 rings (SSSR count). The van der Waals surface area contributed by atoms with Crippen molar-refractivity contribution in [3.05, 3.63) is 53.1 Å². The molecule has 0 spiro atoms. The Labute approximate surface area is 144 Å². The molecule has 0 amide bonds. The van der Waals surface area contributed by atoms with Gasteiger partial charge in [0.15, 0.2) is 0 Å². The SMILES string of the molecule is COc1cc(C)c(S(=O)(=O)N2CCc3ccccc32)cc1C(C)C. The molecule has 2 aromatic carbocycles. The number of hydrogen-bond donors (Lipinski definition) is 0. The number of sulfonamides is 1. The summed E-state index contributed by atoms with van der Waals surface area (Å²) in [7, 11) is -1.97. The lowest BCUT2D eigenvalue weighted by molar-refractivity contribution is 0.406. The van der Waals surface area contributed by atoms with E-state index in [2.05, 4.69) is 0 Å². The van der Waals surface area contributed by atoms with Crippen LogP contribution < -0.4 is 9.04 Å². The van der Waals surface area contributed by atoms with Crippen LogP contribution in [0.5, 0.6) is 5.75 Å². The van der Waals surface area contributed by atoms with Crippen molar-refractivity contribution in [3.63, 3.8) is 0 Å². The predicted molar refractivity (Wildman–Crippen MR) is 96.5 cm³/mol. The summed E-state index contributed by atoms with van der Waals surface area (Å²) in [4.78, 5) is 0.365. The van der Waals surface area contributed by atoms with Gasteiger partial charge in [0.2, 0.25) is 0 Å². The molecule has 0 saturated carbocycles. The molecule has 24 heavy (non-hydrogen) atoms. The summed E-state index contributed by atoms with van der Waals surface area (Å²) in [5.74, 6) is 0.920. The lowest BCUT2D eigenvalue weighted by Crippen LogP contribution is -2.29. The minimum absolute atomic E-state index is 0.181. The molecule has 0 fully saturated rings. The van der Waals surface area contributed by atoms with Crippen LogP contribution in [0.25, 0.3) is 0 Å². The number of nitrogens with zero attached hydrogens (tertiary/aromatic N) is 1. The number of aryl methyl sites for hydroxylation is 1. The Morgan fingerprint density at radius 3 is 2.54 bits per heavy atom. The van der Waals surface area contributed by atoms with E-state index in [9.17, 15) is 8.42 Å². The molecule has 5 heteroatoms. The van der Waals surface area contributed by atoms with Gasteiger partial charge in [-0.15, -0.1) is 0 Å². The second kappa shape index (κ2) is 6.13. The molecule has 4 nitrogen and oxygen atoms in total. The highest BCUT2D eigenvalue weighted by Gasteiger charge is 2.32. The largest absolute Gasteiger partial charge is 0.496 e. The first-order valence-electron chi connectivity index (χ1n) is 8.15. The van der Waals surface area contributed by atoms with Gasteiger partial charge in [-0.1, -0.05) is 32.0 Å². The first-order chi connectivity index (χ1) is 11.4. The fraction of sp³-hybridized carbons (Fsp3) is 0.368. The van der Waals surface area contributed by atoms with Gasteiger partial charge in [0.25, 0.3) is 10.0 Å². The average molecular weight is 345 g/mol. The number of rotatable bonds is 4. The summed E-state index contributed by atoms with van der Waals surface area (Å²) < 4.78 is 33.5. The first kappa shape index (κ1) is 16.8. The lowest BCUT2D eigenvalue weighted by Gasteiger charge is -2.22. The van der Waals surface area contributed by atoms with Crippen molar-refractivity contribution in [3.8, 4) is 5.75 Å². The van der Waals surface area contributed by atoms with Crippen LogP contribution in [0.2, 0.25) is 0 Å². The van der Waals surface area contributed by atoms with Crippen LogP contribution >= 0.6 is 0 Å². The Morgan fingerprint density at radius 1 is 1.17 bits per heavy atom. The van der Waals surface area contributed by atoms with Crippen molar-refractivity contribution >= 4 is 15.7 Å². The third-order valence-electron chi connectivity index (χ3n) is 4.56. The molecule has 0 bridgehead atoms. The first-order valence-corrected chi connectivity index (χ1v) is 9.59. The zero-order valence-electron chi connectivity index (χ0n) is 14.5. The standard InChI is InChI=1S/C19H23NO3S/c1-13(2)16-12-19(14(3)11-18(16)23-4)24(21,22)20-10-9-15-7-5-6-8-17(15)20/h5-8,11-13H,9-10H2,1-4H3. The third-order valence-corrected chi connectivity index (χ3v) is 6.52. The number of fused-ring (bicyclic) bond motifs is 1. The lowest BCUT2D eigenvalue weighted by atomic mass is 10.0. The number of benzene rings is 2. The van der Waals surface area contributed by atoms with Gasteiger partial charge in [-0.05, 0) is 54.2 Å². The fourth-order valence-electron chi connectivity index (χ4n) is 3.26. The van der Waals surface area contributed by atoms with E-state index in [-0.39, 0.29) is 5.92 Å². The predicted octanol–water partition coefficient (Wildman–Crippen LogP) is 3.88. The average Bonchev–Trinajstić information content (AvgIpc) is 2.98. The number of hydrogen-bond acceptors (Lipinski definition) is 3. The summed E-state index contributed by atoms with van der Waals surface area (Å²) in [5.41, 5.74) is 3.49. The minimum Gasteiger partial charge on any atom is -0.496 e. The Kier molecular flexibility index (Phi) is 4.30. The molecular weight excluding hydrogens is 322 g/mol. The highest BCUT2D eigenvalue weighted by molar-refractivity contribution is 7.93. The summed E-state index contributed by atoms with van der Waals surface area (Å²) in [5, 5.41) is 0. The third kappa shape index (κ3) is 2.67. The molecule has 2 aromatic rings. The van der Waals surface area contributed by atoms with E-state index < -0.39 is 10.0 Å². The van der Waals surface area contributed by atoms with Gasteiger partial charge in [0, 0.05) is 6.54 Å². The van der Waals surface area contributed by atoms with E-state index in [1.807, 2.05) is 51.1 Å². The smallest absolute Gasteiger partial charge is 0.264 e. The Hall–Kier alpha value is -2.01. The summed E-state index contributed by atoms with van der Waals surface area (Å²) in [6.07, 6.45) is 0.752. The van der Waals surface area contributed by atoms with Crippen LogP contribution in [0.15, 0.2) is 41.3 Å². The van der Waals surface area contributed by atoms with Gasteiger partial charge in [-0.2, -0.15) is 0 Å². The fourth-order valence-corrected chi connectivity index (χ4v) is 5.01. The Bertz CT molecular complexity index is 872. The molecule has 1 aliphatic rings. The summed E-state index contributed by atoms with van der Waals surface area (Å²) in [6, 6.07) is 11.3. The second-order valence-electron chi connectivity index (χ2n) is 6.47. The van der Waals surface area contributed by atoms with Gasteiger partial charge in [0.1, 0.15) is 5.75 Å². The van der Waals surface area contributed by atoms with E-state index in [1.54, 1.807) is 13.2 Å². The van der Waals surface area contributed by atoms with Crippen LogP contribution in [0.4, 0.5) is 5.69 Å². The quantitative estimate of drug-likeness (QED) is 0.845. The van der Waals surface area contributed by atoms with Crippen LogP contribution in [0.1, 0.15) is 36.5 Å². The monoisotopic (exact) mass is 345 g/mol. The van der Waals surface area contributed by atoms with Gasteiger partial charge < -0.3 is 4.74 Å². The number of anilines is 1. The van der Waals surface area contributed by atoms with Crippen LogP contribution in [-0.4, -0.2) is 22.1 Å². The number of para-hydroxylation sites is 1. The zero-order valence-corrected chi connectivity index (χ0v) is 15.4. The number of methoxy groups -OCH3 is 1. The molecule has 0 atom stereocenters. The van der Waals surface area contributed by atoms with Gasteiger partial charge in [-0.25, -0.2) is 8.42 Å². The van der Waals surface area contributed by atoms with Crippen molar-refractivity contribution in [2.75, 3.05) is 18.0 Å². The van der Waals surface area contributed by atoms with E-state index >= 15 is 0 Å². The highest BCUT2D eigenvalue weighted by Crippen LogP contribution is 2.37. The zero-order chi connectivity index (χ0) is 17.5. The molecule has 0 radical (unpaired) electrons. The van der Waals surface area contributed by atoms with Crippen molar-refractivity contribution in [2.24, 2.45) is 0 Å².